The number of carbonyl (C=O) groups is 1. The van der Waals surface area contributed by atoms with Crippen molar-refractivity contribution in [2.24, 2.45) is 0 Å². The van der Waals surface area contributed by atoms with Crippen molar-refractivity contribution < 1.29 is 17.9 Å². The van der Waals surface area contributed by atoms with Gasteiger partial charge in [-0.15, -0.1) is 0 Å². The number of benzene rings is 2. The highest BCUT2D eigenvalue weighted by Gasteiger charge is 2.24. The van der Waals surface area contributed by atoms with E-state index >= 15 is 0 Å². The fourth-order valence-corrected chi connectivity index (χ4v) is 4.05. The molecule has 0 aliphatic heterocycles. The molecule has 2 aromatic rings. The van der Waals surface area contributed by atoms with Crippen molar-refractivity contribution >= 4 is 33.2 Å². The molecule has 0 radical (unpaired) electrons. The van der Waals surface area contributed by atoms with Crippen LogP contribution in [0.25, 0.3) is 0 Å². The quantitative estimate of drug-likeness (QED) is 0.701. The Morgan fingerprint density at radius 3 is 2.36 bits per heavy atom. The average Bonchev–Trinajstić information content (AvgIpc) is 2.64. The maximum Gasteiger partial charge on any atom is 0.241 e. The second-order valence-electron chi connectivity index (χ2n) is 6.50. The molecule has 0 aromatic heterocycles. The van der Waals surface area contributed by atoms with E-state index in [2.05, 4.69) is 5.32 Å². The van der Waals surface area contributed by atoms with E-state index in [1.54, 1.807) is 32.2 Å². The number of methoxy groups -OCH3 is 1. The minimum absolute atomic E-state index is 0.230. The van der Waals surface area contributed by atoms with Crippen LogP contribution in [-0.2, 0) is 14.8 Å². The third kappa shape index (κ3) is 5.62. The number of nitrogens with one attached hydrogen (secondary N) is 1. The van der Waals surface area contributed by atoms with Gasteiger partial charge in [-0.1, -0.05) is 30.7 Å². The van der Waals surface area contributed by atoms with Gasteiger partial charge < -0.3 is 10.1 Å². The number of halogens is 1. The molecule has 0 spiro atoms. The van der Waals surface area contributed by atoms with Gasteiger partial charge in [0.25, 0.3) is 0 Å². The number of hydrogen-bond donors (Lipinski definition) is 1. The Balaban J connectivity index is 2.20. The standard InChI is InChI=1S/C20H25ClN2O4S/c1-5-18(15-6-9-17(27-3)10-7-15)22-20(24)13-23(28(4,25)26)19-11-8-16(21)12-14(19)2/h6-12,18H,5,13H2,1-4H3,(H,22,24)/t18-/m0/s1. The van der Waals surface area contributed by atoms with E-state index in [-0.39, 0.29) is 18.5 Å². The Morgan fingerprint density at radius 1 is 1.21 bits per heavy atom. The Morgan fingerprint density at radius 2 is 1.86 bits per heavy atom. The van der Waals surface area contributed by atoms with Crippen LogP contribution in [0.2, 0.25) is 5.02 Å². The topological polar surface area (TPSA) is 75.7 Å². The third-order valence-electron chi connectivity index (χ3n) is 4.38. The van der Waals surface area contributed by atoms with Gasteiger partial charge in [-0.2, -0.15) is 0 Å². The number of ether oxygens (including phenoxy) is 1. The van der Waals surface area contributed by atoms with Crippen molar-refractivity contribution in [1.82, 2.24) is 5.32 Å². The van der Waals surface area contributed by atoms with Crippen molar-refractivity contribution in [3.63, 3.8) is 0 Å². The van der Waals surface area contributed by atoms with Crippen molar-refractivity contribution in [1.29, 1.82) is 0 Å². The molecule has 6 nitrogen and oxygen atoms in total. The van der Waals surface area contributed by atoms with Gasteiger partial charge in [0, 0.05) is 5.02 Å². The number of carbonyl (C=O) groups excluding carboxylic acids is 1. The Labute approximate surface area is 171 Å². The number of anilines is 1. The molecule has 0 aliphatic rings. The molecule has 0 fully saturated rings. The van der Waals surface area contributed by atoms with Gasteiger partial charge >= 0.3 is 0 Å². The first-order valence-corrected chi connectivity index (χ1v) is 11.1. The summed E-state index contributed by atoms with van der Waals surface area (Å²) in [4.78, 5) is 12.6. The molecule has 0 heterocycles. The lowest BCUT2D eigenvalue weighted by Crippen LogP contribution is -2.41. The second-order valence-corrected chi connectivity index (χ2v) is 8.85. The predicted octanol–water partition coefficient (Wildman–Crippen LogP) is 3.69. The Hall–Kier alpha value is -2.25. The van der Waals surface area contributed by atoms with Crippen molar-refractivity contribution in [2.75, 3.05) is 24.2 Å². The van der Waals surface area contributed by atoms with E-state index in [0.717, 1.165) is 21.9 Å². The predicted molar refractivity (Wildman–Crippen MR) is 113 cm³/mol. The molecule has 0 bridgehead atoms. The molecule has 1 amide bonds. The van der Waals surface area contributed by atoms with Crippen LogP contribution in [0.15, 0.2) is 42.5 Å². The van der Waals surface area contributed by atoms with Gasteiger partial charge in [0.05, 0.1) is 25.1 Å². The molecular formula is C20H25ClN2O4S. The van der Waals surface area contributed by atoms with E-state index in [1.165, 1.54) is 0 Å². The number of aryl methyl sites for hydroxylation is 1. The summed E-state index contributed by atoms with van der Waals surface area (Å²) in [6.45, 7) is 3.39. The maximum atomic E-state index is 12.6. The van der Waals surface area contributed by atoms with Crippen LogP contribution in [0.1, 0.15) is 30.5 Å². The molecule has 0 saturated carbocycles. The van der Waals surface area contributed by atoms with Gasteiger partial charge in [-0.05, 0) is 54.8 Å². The van der Waals surface area contributed by atoms with Crippen LogP contribution < -0.4 is 14.4 Å². The molecule has 2 aromatic carbocycles. The molecule has 1 atom stereocenters. The van der Waals surface area contributed by atoms with Crippen molar-refractivity contribution in [3.8, 4) is 5.75 Å². The minimum Gasteiger partial charge on any atom is -0.497 e. The molecule has 0 saturated heterocycles. The summed E-state index contributed by atoms with van der Waals surface area (Å²) in [6.07, 6.45) is 1.74. The SMILES string of the molecule is CC[C@H](NC(=O)CN(c1ccc(Cl)cc1C)S(C)(=O)=O)c1ccc(OC)cc1. The van der Waals surface area contributed by atoms with E-state index in [4.69, 9.17) is 16.3 Å². The highest BCUT2D eigenvalue weighted by atomic mass is 35.5. The highest BCUT2D eigenvalue weighted by Crippen LogP contribution is 2.26. The summed E-state index contributed by atoms with van der Waals surface area (Å²) in [7, 11) is -2.06. The van der Waals surface area contributed by atoms with E-state index < -0.39 is 10.0 Å². The van der Waals surface area contributed by atoms with Crippen LogP contribution in [0.3, 0.4) is 0 Å². The number of hydrogen-bond acceptors (Lipinski definition) is 4. The van der Waals surface area contributed by atoms with Crippen LogP contribution in [0.4, 0.5) is 5.69 Å². The van der Waals surface area contributed by atoms with Gasteiger partial charge in [-0.25, -0.2) is 8.42 Å². The number of sulfonamides is 1. The molecule has 0 aliphatic carbocycles. The third-order valence-corrected chi connectivity index (χ3v) is 5.74. The lowest BCUT2D eigenvalue weighted by molar-refractivity contribution is -0.120. The van der Waals surface area contributed by atoms with Crippen molar-refractivity contribution in [2.45, 2.75) is 26.3 Å². The van der Waals surface area contributed by atoms with Crippen LogP contribution in [0, 0.1) is 6.92 Å². The average molecular weight is 425 g/mol. The molecule has 2 rings (SSSR count). The number of nitrogens with zero attached hydrogens (tertiary/aromatic N) is 1. The summed E-state index contributed by atoms with van der Waals surface area (Å²) in [5, 5.41) is 3.42. The lowest BCUT2D eigenvalue weighted by Gasteiger charge is -2.25. The van der Waals surface area contributed by atoms with Crippen LogP contribution in [-0.4, -0.2) is 34.2 Å². The lowest BCUT2D eigenvalue weighted by atomic mass is 10.0. The summed E-state index contributed by atoms with van der Waals surface area (Å²) in [6, 6.07) is 12.0. The largest absolute Gasteiger partial charge is 0.497 e. The molecule has 1 N–H and O–H groups in total. The Kier molecular flexibility index (Phi) is 7.32. The summed E-state index contributed by atoms with van der Waals surface area (Å²) < 4.78 is 30.8. The van der Waals surface area contributed by atoms with Crippen LogP contribution >= 0.6 is 11.6 Å². The fourth-order valence-electron chi connectivity index (χ4n) is 2.91. The maximum absolute atomic E-state index is 12.6. The molecule has 28 heavy (non-hydrogen) atoms. The normalized spacial score (nSPS) is 12.3. The first-order chi connectivity index (χ1) is 13.2. The second kappa shape index (κ2) is 9.30. The number of amides is 1. The van der Waals surface area contributed by atoms with Gasteiger partial charge in [0.1, 0.15) is 12.3 Å². The van der Waals surface area contributed by atoms with Crippen LogP contribution in [0.5, 0.6) is 5.75 Å². The zero-order valence-corrected chi connectivity index (χ0v) is 18.0. The molecule has 8 heteroatoms. The monoisotopic (exact) mass is 424 g/mol. The summed E-state index contributed by atoms with van der Waals surface area (Å²) in [5.74, 6) is 0.342. The van der Waals surface area contributed by atoms with E-state index in [0.29, 0.717) is 22.7 Å². The Bertz CT molecular complexity index is 930. The zero-order valence-electron chi connectivity index (χ0n) is 16.4. The van der Waals surface area contributed by atoms with Crippen molar-refractivity contribution in [3.05, 3.63) is 58.6 Å². The fraction of sp³-hybridized carbons (Fsp3) is 0.350. The molecule has 152 valence electrons. The first-order valence-electron chi connectivity index (χ1n) is 8.83. The molecular weight excluding hydrogens is 400 g/mol. The summed E-state index contributed by atoms with van der Waals surface area (Å²) >= 11 is 5.96. The molecule has 0 unspecified atom stereocenters. The van der Waals surface area contributed by atoms with Gasteiger partial charge in [0.2, 0.25) is 15.9 Å². The van der Waals surface area contributed by atoms with Gasteiger partial charge in [-0.3, -0.25) is 9.10 Å². The highest BCUT2D eigenvalue weighted by molar-refractivity contribution is 7.92. The minimum atomic E-state index is -3.65. The summed E-state index contributed by atoms with van der Waals surface area (Å²) in [5.41, 5.74) is 2.03. The smallest absolute Gasteiger partial charge is 0.241 e. The van der Waals surface area contributed by atoms with E-state index in [1.807, 2.05) is 31.2 Å². The zero-order chi connectivity index (χ0) is 20.9. The first kappa shape index (κ1) is 22.0. The number of rotatable bonds is 8. The van der Waals surface area contributed by atoms with E-state index in [9.17, 15) is 13.2 Å². The van der Waals surface area contributed by atoms with Gasteiger partial charge in [0.15, 0.2) is 0 Å².